The van der Waals surface area contributed by atoms with Gasteiger partial charge in [-0.1, -0.05) is 11.6 Å². The second-order valence-electron chi connectivity index (χ2n) is 6.04. The third kappa shape index (κ3) is 4.47. The van der Waals surface area contributed by atoms with Gasteiger partial charge in [0.2, 0.25) is 10.0 Å². The molecule has 0 atom stereocenters. The molecule has 25 heavy (non-hydrogen) atoms. The van der Waals surface area contributed by atoms with E-state index in [9.17, 15) is 23.3 Å². The Morgan fingerprint density at radius 1 is 1.36 bits per heavy atom. The molecule has 0 bridgehead atoms. The SMILES string of the molecule is CC(C)OC(=O)C1CCN(S(=O)(=O)c2cc([N+](=O)[O-])ccc2Cl)CC1. The molecule has 1 heterocycles. The van der Waals surface area contributed by atoms with E-state index in [-0.39, 0.29) is 46.7 Å². The van der Waals surface area contributed by atoms with Gasteiger partial charge in [0.1, 0.15) is 4.90 Å². The van der Waals surface area contributed by atoms with E-state index in [2.05, 4.69) is 0 Å². The van der Waals surface area contributed by atoms with Crippen LogP contribution in [0.3, 0.4) is 0 Å². The number of carbonyl (C=O) groups is 1. The molecule has 1 aliphatic heterocycles. The fourth-order valence-corrected chi connectivity index (χ4v) is 4.57. The van der Waals surface area contributed by atoms with E-state index in [0.717, 1.165) is 12.1 Å². The van der Waals surface area contributed by atoms with E-state index >= 15 is 0 Å². The fraction of sp³-hybridized carbons (Fsp3) is 0.533. The van der Waals surface area contributed by atoms with E-state index in [0.29, 0.717) is 12.8 Å². The van der Waals surface area contributed by atoms with Gasteiger partial charge in [0.25, 0.3) is 5.69 Å². The smallest absolute Gasteiger partial charge is 0.309 e. The van der Waals surface area contributed by atoms with Crippen molar-refractivity contribution in [3.63, 3.8) is 0 Å². The maximum Gasteiger partial charge on any atom is 0.309 e. The third-order valence-electron chi connectivity index (χ3n) is 3.88. The maximum atomic E-state index is 12.7. The highest BCUT2D eigenvalue weighted by Crippen LogP contribution is 2.31. The Kier molecular flexibility index (Phi) is 6.02. The quantitative estimate of drug-likeness (QED) is 0.434. The summed E-state index contributed by atoms with van der Waals surface area (Å²) >= 11 is 5.94. The van der Waals surface area contributed by atoms with Crippen LogP contribution < -0.4 is 0 Å². The monoisotopic (exact) mass is 390 g/mol. The molecule has 1 aliphatic rings. The molecular formula is C15H19ClN2O6S. The van der Waals surface area contributed by atoms with Crippen molar-refractivity contribution in [2.24, 2.45) is 5.92 Å². The minimum absolute atomic E-state index is 0.0769. The summed E-state index contributed by atoms with van der Waals surface area (Å²) in [7, 11) is -3.98. The standard InChI is InChI=1S/C15H19ClN2O6S/c1-10(2)24-15(19)11-5-7-17(8-6-11)25(22,23)14-9-12(18(20)21)3-4-13(14)16/h3-4,9-11H,5-8H2,1-2H3. The first-order valence-corrected chi connectivity index (χ1v) is 9.59. The van der Waals surface area contributed by atoms with Gasteiger partial charge < -0.3 is 4.74 Å². The minimum Gasteiger partial charge on any atom is -0.463 e. The van der Waals surface area contributed by atoms with Gasteiger partial charge in [-0.3, -0.25) is 14.9 Å². The number of esters is 1. The van der Waals surface area contributed by atoms with Crippen LogP contribution in [0.4, 0.5) is 5.69 Å². The molecular weight excluding hydrogens is 372 g/mol. The number of nitro benzene ring substituents is 1. The zero-order valence-electron chi connectivity index (χ0n) is 13.8. The Hall–Kier alpha value is -1.71. The third-order valence-corrected chi connectivity index (χ3v) is 6.26. The van der Waals surface area contributed by atoms with Crippen LogP contribution in [0.15, 0.2) is 23.1 Å². The maximum absolute atomic E-state index is 12.7. The average Bonchev–Trinajstić information content (AvgIpc) is 2.54. The van der Waals surface area contributed by atoms with E-state index < -0.39 is 14.9 Å². The molecule has 138 valence electrons. The molecule has 0 radical (unpaired) electrons. The Morgan fingerprint density at radius 3 is 2.48 bits per heavy atom. The summed E-state index contributed by atoms with van der Waals surface area (Å²) in [4.78, 5) is 21.8. The number of nitrogens with zero attached hydrogens (tertiary/aromatic N) is 2. The van der Waals surface area contributed by atoms with Crippen LogP contribution >= 0.6 is 11.6 Å². The first-order valence-electron chi connectivity index (χ1n) is 7.77. The van der Waals surface area contributed by atoms with Crippen LogP contribution in [0.25, 0.3) is 0 Å². The van der Waals surface area contributed by atoms with Gasteiger partial charge in [-0.2, -0.15) is 4.31 Å². The molecule has 0 aromatic heterocycles. The Morgan fingerprint density at radius 2 is 1.96 bits per heavy atom. The van der Waals surface area contributed by atoms with Crippen molar-refractivity contribution < 1.29 is 22.9 Å². The summed E-state index contributed by atoms with van der Waals surface area (Å²) in [5.41, 5.74) is -0.349. The molecule has 0 saturated carbocycles. The largest absolute Gasteiger partial charge is 0.463 e. The highest BCUT2D eigenvalue weighted by molar-refractivity contribution is 7.89. The van der Waals surface area contributed by atoms with Gasteiger partial charge in [-0.25, -0.2) is 8.42 Å². The van der Waals surface area contributed by atoms with Crippen LogP contribution in [-0.4, -0.2) is 42.8 Å². The highest BCUT2D eigenvalue weighted by atomic mass is 35.5. The number of benzene rings is 1. The number of piperidine rings is 1. The predicted molar refractivity (Wildman–Crippen MR) is 90.8 cm³/mol. The second-order valence-corrected chi connectivity index (χ2v) is 8.35. The van der Waals surface area contributed by atoms with Crippen molar-refractivity contribution >= 4 is 33.3 Å². The Balaban J connectivity index is 2.16. The Bertz CT molecular complexity index is 772. The lowest BCUT2D eigenvalue weighted by Crippen LogP contribution is -2.41. The number of nitro groups is 1. The first-order chi connectivity index (χ1) is 11.6. The van der Waals surface area contributed by atoms with E-state index in [1.807, 2.05) is 0 Å². The fourth-order valence-electron chi connectivity index (χ4n) is 2.60. The van der Waals surface area contributed by atoms with Gasteiger partial charge in [-0.05, 0) is 32.8 Å². The highest BCUT2D eigenvalue weighted by Gasteiger charge is 2.34. The van der Waals surface area contributed by atoms with Crippen LogP contribution in [0, 0.1) is 16.0 Å². The normalized spacial score (nSPS) is 16.8. The zero-order valence-corrected chi connectivity index (χ0v) is 15.4. The van der Waals surface area contributed by atoms with Crippen molar-refractivity contribution in [2.75, 3.05) is 13.1 Å². The number of hydrogen-bond acceptors (Lipinski definition) is 6. The molecule has 0 N–H and O–H groups in total. The van der Waals surface area contributed by atoms with Crippen molar-refractivity contribution in [1.82, 2.24) is 4.31 Å². The van der Waals surface area contributed by atoms with Crippen molar-refractivity contribution in [2.45, 2.75) is 37.7 Å². The molecule has 1 saturated heterocycles. The van der Waals surface area contributed by atoms with Gasteiger partial charge in [-0.15, -0.1) is 0 Å². The number of hydrogen-bond donors (Lipinski definition) is 0. The molecule has 0 aliphatic carbocycles. The van der Waals surface area contributed by atoms with Crippen molar-refractivity contribution in [3.8, 4) is 0 Å². The molecule has 2 rings (SSSR count). The topological polar surface area (TPSA) is 107 Å². The van der Waals surface area contributed by atoms with Gasteiger partial charge >= 0.3 is 5.97 Å². The van der Waals surface area contributed by atoms with Gasteiger partial charge in [0, 0.05) is 25.2 Å². The van der Waals surface area contributed by atoms with Crippen LogP contribution in [0.5, 0.6) is 0 Å². The summed E-state index contributed by atoms with van der Waals surface area (Å²) in [6.07, 6.45) is 0.437. The molecule has 1 fully saturated rings. The van der Waals surface area contributed by atoms with Crippen LogP contribution in [0.2, 0.25) is 5.02 Å². The molecule has 0 unspecified atom stereocenters. The number of non-ortho nitro benzene ring substituents is 1. The number of rotatable bonds is 5. The molecule has 0 amide bonds. The van der Waals surface area contributed by atoms with E-state index in [4.69, 9.17) is 16.3 Å². The molecule has 0 spiro atoms. The lowest BCUT2D eigenvalue weighted by atomic mass is 9.98. The molecule has 10 heteroatoms. The van der Waals surface area contributed by atoms with Crippen LogP contribution in [0.1, 0.15) is 26.7 Å². The number of carbonyl (C=O) groups excluding carboxylic acids is 1. The summed E-state index contributed by atoms with van der Waals surface area (Å²) in [6.45, 7) is 3.75. The predicted octanol–water partition coefficient (Wildman–Crippen LogP) is 2.60. The van der Waals surface area contributed by atoms with Gasteiger partial charge in [0.05, 0.1) is 22.0 Å². The average molecular weight is 391 g/mol. The Labute approximate surface area is 150 Å². The van der Waals surface area contributed by atoms with Gasteiger partial charge in [0.15, 0.2) is 0 Å². The zero-order chi connectivity index (χ0) is 18.8. The van der Waals surface area contributed by atoms with Crippen LogP contribution in [-0.2, 0) is 19.6 Å². The lowest BCUT2D eigenvalue weighted by Gasteiger charge is -2.30. The summed E-state index contributed by atoms with van der Waals surface area (Å²) < 4.78 is 31.8. The summed E-state index contributed by atoms with van der Waals surface area (Å²) in [5.74, 6) is -0.685. The van der Waals surface area contributed by atoms with E-state index in [1.165, 1.54) is 10.4 Å². The second kappa shape index (κ2) is 7.67. The molecule has 1 aromatic carbocycles. The number of ether oxygens (including phenoxy) is 1. The number of sulfonamides is 1. The minimum atomic E-state index is -3.98. The number of halogens is 1. The summed E-state index contributed by atoms with van der Waals surface area (Å²) in [6, 6.07) is 3.30. The van der Waals surface area contributed by atoms with Crippen molar-refractivity contribution in [1.29, 1.82) is 0 Å². The molecule has 1 aromatic rings. The van der Waals surface area contributed by atoms with E-state index in [1.54, 1.807) is 13.8 Å². The lowest BCUT2D eigenvalue weighted by molar-refractivity contribution is -0.385. The van der Waals surface area contributed by atoms with Crippen molar-refractivity contribution in [3.05, 3.63) is 33.3 Å². The summed E-state index contributed by atoms with van der Waals surface area (Å²) in [5, 5.41) is 10.8. The molecule has 8 nitrogen and oxygen atoms in total. The first kappa shape index (κ1) is 19.6.